The van der Waals surface area contributed by atoms with Crippen LogP contribution in [-0.2, 0) is 0 Å². The van der Waals surface area contributed by atoms with E-state index in [9.17, 15) is 4.79 Å². The summed E-state index contributed by atoms with van der Waals surface area (Å²) in [4.78, 5) is 15.0. The van der Waals surface area contributed by atoms with Crippen LogP contribution < -0.4 is 10.6 Å². The van der Waals surface area contributed by atoms with Crippen LogP contribution in [0.2, 0.25) is 0 Å². The molecule has 0 bridgehead atoms. The van der Waals surface area contributed by atoms with E-state index in [1.807, 2.05) is 13.0 Å². The lowest BCUT2D eigenvalue weighted by Gasteiger charge is -2.29. The first-order valence-electron chi connectivity index (χ1n) is 8.00. The van der Waals surface area contributed by atoms with Crippen molar-refractivity contribution in [3.8, 4) is 0 Å². The number of anilines is 2. The highest BCUT2D eigenvalue weighted by atomic mass is 32.1. The van der Waals surface area contributed by atoms with Crippen molar-refractivity contribution in [3.05, 3.63) is 10.9 Å². The van der Waals surface area contributed by atoms with Crippen molar-refractivity contribution < 1.29 is 4.79 Å². The summed E-state index contributed by atoms with van der Waals surface area (Å²) < 4.78 is 0. The number of carbonyl (C=O) groups excluding carboxylic acids is 1. The topological polar surface area (TPSA) is 46.3 Å². The van der Waals surface area contributed by atoms with Crippen molar-refractivity contribution in [1.29, 1.82) is 0 Å². The molecule has 4 heteroatoms. The highest BCUT2D eigenvalue weighted by Crippen LogP contribution is 2.38. The number of nitrogens with two attached hydrogens (primary N) is 1. The number of ketones is 1. The third-order valence-corrected chi connectivity index (χ3v) is 5.84. The Balaban J connectivity index is 2.11. The highest BCUT2D eigenvalue weighted by Gasteiger charge is 2.28. The van der Waals surface area contributed by atoms with Crippen LogP contribution >= 0.6 is 11.3 Å². The van der Waals surface area contributed by atoms with Crippen LogP contribution in [0.3, 0.4) is 0 Å². The highest BCUT2D eigenvalue weighted by molar-refractivity contribution is 7.18. The van der Waals surface area contributed by atoms with Gasteiger partial charge in [-0.15, -0.1) is 11.3 Å². The first-order chi connectivity index (χ1) is 9.82. The minimum Gasteiger partial charge on any atom is -0.397 e. The van der Waals surface area contributed by atoms with Crippen LogP contribution in [0, 0.1) is 11.3 Å². The average molecular weight is 308 g/mol. The summed E-state index contributed by atoms with van der Waals surface area (Å²) in [5.41, 5.74) is 7.06. The summed E-state index contributed by atoms with van der Waals surface area (Å²) >= 11 is 1.57. The molecule has 118 valence electrons. The van der Waals surface area contributed by atoms with Gasteiger partial charge in [-0.05, 0) is 36.7 Å². The molecule has 0 aromatic carbocycles. The van der Waals surface area contributed by atoms with E-state index in [-0.39, 0.29) is 5.78 Å². The molecule has 2 rings (SSSR count). The Kier molecular flexibility index (Phi) is 4.97. The second kappa shape index (κ2) is 6.39. The number of carbonyl (C=O) groups is 1. The van der Waals surface area contributed by atoms with Gasteiger partial charge in [-0.1, -0.05) is 27.7 Å². The van der Waals surface area contributed by atoms with Crippen molar-refractivity contribution >= 4 is 27.8 Å². The van der Waals surface area contributed by atoms with Crippen LogP contribution in [0.25, 0.3) is 0 Å². The molecule has 1 unspecified atom stereocenters. The van der Waals surface area contributed by atoms with Gasteiger partial charge in [0.15, 0.2) is 5.78 Å². The van der Waals surface area contributed by atoms with Crippen LogP contribution in [0.4, 0.5) is 10.7 Å². The summed E-state index contributed by atoms with van der Waals surface area (Å²) in [5, 5.41) is 1.17. The predicted molar refractivity (Wildman–Crippen MR) is 92.4 cm³/mol. The maximum atomic E-state index is 11.9. The van der Waals surface area contributed by atoms with Crippen LogP contribution in [0.1, 0.15) is 63.0 Å². The number of hydrogen-bond acceptors (Lipinski definition) is 4. The third-order valence-electron chi connectivity index (χ3n) is 4.59. The maximum Gasteiger partial charge on any atom is 0.174 e. The van der Waals surface area contributed by atoms with Crippen molar-refractivity contribution in [2.24, 2.45) is 11.3 Å². The zero-order chi connectivity index (χ0) is 15.6. The van der Waals surface area contributed by atoms with Gasteiger partial charge in [-0.3, -0.25) is 4.79 Å². The van der Waals surface area contributed by atoms with Gasteiger partial charge in [0.1, 0.15) is 0 Å². The SMILES string of the molecule is CCC(=O)c1sc(N2CCCC(C(C)(C)C)CC2)cc1N. The lowest BCUT2D eigenvalue weighted by molar-refractivity contribution is 0.0993. The average Bonchev–Trinajstić information content (AvgIpc) is 2.65. The van der Waals surface area contributed by atoms with E-state index in [1.165, 1.54) is 24.3 Å². The lowest BCUT2D eigenvalue weighted by atomic mass is 9.77. The minimum atomic E-state index is 0.158. The Morgan fingerprint density at radius 3 is 2.71 bits per heavy atom. The van der Waals surface area contributed by atoms with Crippen molar-refractivity contribution in [1.82, 2.24) is 0 Å². The van der Waals surface area contributed by atoms with Gasteiger partial charge in [0.2, 0.25) is 0 Å². The smallest absolute Gasteiger partial charge is 0.174 e. The summed E-state index contributed by atoms with van der Waals surface area (Å²) in [7, 11) is 0. The molecule has 1 aliphatic heterocycles. The monoisotopic (exact) mass is 308 g/mol. The number of hydrogen-bond donors (Lipinski definition) is 1. The molecular weight excluding hydrogens is 280 g/mol. The molecule has 0 aliphatic carbocycles. The van der Waals surface area contributed by atoms with Crippen LogP contribution in [0.15, 0.2) is 6.07 Å². The normalized spacial score (nSPS) is 20.4. The van der Waals surface area contributed by atoms with Gasteiger partial charge in [0.25, 0.3) is 0 Å². The molecular formula is C17H28N2OS. The Hall–Kier alpha value is -1.03. The first-order valence-corrected chi connectivity index (χ1v) is 8.82. The summed E-state index contributed by atoms with van der Waals surface area (Å²) in [6.45, 7) is 11.1. The standard InChI is InChI=1S/C17H28N2OS/c1-5-14(20)16-13(18)11-15(21-16)19-9-6-7-12(8-10-19)17(2,3)4/h11-12H,5-10,18H2,1-4H3. The molecule has 1 aromatic rings. The van der Waals surface area contributed by atoms with E-state index < -0.39 is 0 Å². The number of rotatable bonds is 3. The summed E-state index contributed by atoms with van der Waals surface area (Å²) in [6, 6.07) is 1.99. The van der Waals surface area contributed by atoms with Crippen molar-refractivity contribution in [2.45, 2.75) is 53.4 Å². The Morgan fingerprint density at radius 2 is 2.10 bits per heavy atom. The molecule has 2 heterocycles. The Morgan fingerprint density at radius 1 is 1.38 bits per heavy atom. The molecule has 2 N–H and O–H groups in total. The van der Waals surface area contributed by atoms with Gasteiger partial charge >= 0.3 is 0 Å². The second-order valence-electron chi connectivity index (χ2n) is 7.13. The van der Waals surface area contributed by atoms with E-state index in [2.05, 4.69) is 25.7 Å². The second-order valence-corrected chi connectivity index (χ2v) is 8.16. The molecule has 1 fully saturated rings. The largest absolute Gasteiger partial charge is 0.397 e. The quantitative estimate of drug-likeness (QED) is 0.832. The van der Waals surface area contributed by atoms with Gasteiger partial charge in [0.05, 0.1) is 15.6 Å². The van der Waals surface area contributed by atoms with Gasteiger partial charge < -0.3 is 10.6 Å². The van der Waals surface area contributed by atoms with Gasteiger partial charge in [0, 0.05) is 19.5 Å². The van der Waals surface area contributed by atoms with E-state index in [4.69, 9.17) is 5.73 Å². The number of nitrogens with zero attached hydrogens (tertiary/aromatic N) is 1. The molecule has 3 nitrogen and oxygen atoms in total. The van der Waals surface area contributed by atoms with E-state index in [1.54, 1.807) is 11.3 Å². The fraction of sp³-hybridized carbons (Fsp3) is 0.706. The third kappa shape index (κ3) is 3.79. The summed E-state index contributed by atoms with van der Waals surface area (Å²) in [5.74, 6) is 0.933. The Bertz CT molecular complexity index is 501. The lowest BCUT2D eigenvalue weighted by Crippen LogP contribution is -2.25. The van der Waals surface area contributed by atoms with Crippen molar-refractivity contribution in [2.75, 3.05) is 23.7 Å². The molecule has 0 saturated carbocycles. The zero-order valence-corrected chi connectivity index (χ0v) is 14.6. The number of Topliss-reactive ketones (excluding diaryl/α,β-unsaturated/α-hetero) is 1. The zero-order valence-electron chi connectivity index (χ0n) is 13.7. The Labute approximate surface area is 132 Å². The van der Waals surface area contributed by atoms with Crippen LogP contribution in [0.5, 0.6) is 0 Å². The molecule has 0 amide bonds. The van der Waals surface area contributed by atoms with E-state index >= 15 is 0 Å². The van der Waals surface area contributed by atoms with E-state index in [0.29, 0.717) is 17.5 Å². The molecule has 21 heavy (non-hydrogen) atoms. The molecule has 1 saturated heterocycles. The maximum absolute atomic E-state index is 11.9. The first kappa shape index (κ1) is 16.3. The molecule has 0 radical (unpaired) electrons. The van der Waals surface area contributed by atoms with E-state index in [0.717, 1.165) is 23.9 Å². The molecule has 1 atom stereocenters. The molecule has 1 aliphatic rings. The number of nitrogen functional groups attached to an aromatic ring is 1. The molecule has 1 aromatic heterocycles. The minimum absolute atomic E-state index is 0.158. The van der Waals surface area contributed by atoms with Gasteiger partial charge in [-0.25, -0.2) is 0 Å². The van der Waals surface area contributed by atoms with Crippen LogP contribution in [-0.4, -0.2) is 18.9 Å². The fourth-order valence-electron chi connectivity index (χ4n) is 3.11. The number of thiophene rings is 1. The molecule has 0 spiro atoms. The predicted octanol–water partition coefficient (Wildman–Crippen LogP) is 4.58. The fourth-order valence-corrected chi connectivity index (χ4v) is 4.25. The van der Waals surface area contributed by atoms with Gasteiger partial charge in [-0.2, -0.15) is 0 Å². The summed E-state index contributed by atoms with van der Waals surface area (Å²) in [6.07, 6.45) is 4.26. The van der Waals surface area contributed by atoms with Crippen molar-refractivity contribution in [3.63, 3.8) is 0 Å².